The van der Waals surface area contributed by atoms with E-state index in [4.69, 9.17) is 9.47 Å². The first-order valence-electron chi connectivity index (χ1n) is 6.50. The molecular weight excluding hydrogens is 244 g/mol. The van der Waals surface area contributed by atoms with Crippen molar-refractivity contribution in [1.29, 1.82) is 0 Å². The van der Waals surface area contributed by atoms with Gasteiger partial charge in [-0.3, -0.25) is 9.59 Å². The number of hydrogen-bond acceptors (Lipinski definition) is 4. The van der Waals surface area contributed by atoms with Gasteiger partial charge in [0.25, 0.3) is 0 Å². The summed E-state index contributed by atoms with van der Waals surface area (Å²) in [5.74, 6) is -2.25. The van der Waals surface area contributed by atoms with Crippen molar-refractivity contribution in [3.05, 3.63) is 35.9 Å². The first-order valence-corrected chi connectivity index (χ1v) is 6.50. The summed E-state index contributed by atoms with van der Waals surface area (Å²) in [5, 5.41) is 0. The fourth-order valence-corrected chi connectivity index (χ4v) is 1.92. The van der Waals surface area contributed by atoms with Gasteiger partial charge in [-0.15, -0.1) is 0 Å². The van der Waals surface area contributed by atoms with Crippen molar-refractivity contribution in [3.63, 3.8) is 0 Å². The van der Waals surface area contributed by atoms with Crippen LogP contribution in [0.4, 0.5) is 0 Å². The van der Waals surface area contributed by atoms with Gasteiger partial charge in [-0.2, -0.15) is 0 Å². The molecule has 4 nitrogen and oxygen atoms in total. The van der Waals surface area contributed by atoms with Crippen LogP contribution in [0.3, 0.4) is 0 Å². The molecule has 1 atom stereocenters. The number of carbonyl (C=O) groups excluding carboxylic acids is 2. The second-order valence-electron chi connectivity index (χ2n) is 4.18. The minimum Gasteiger partial charge on any atom is -0.465 e. The Morgan fingerprint density at radius 2 is 1.47 bits per heavy atom. The smallest absolute Gasteiger partial charge is 0.320 e. The quantitative estimate of drug-likeness (QED) is 0.585. The summed E-state index contributed by atoms with van der Waals surface area (Å²) in [6.45, 7) is 5.75. The molecule has 0 unspecified atom stereocenters. The summed E-state index contributed by atoms with van der Waals surface area (Å²) >= 11 is 0. The third-order valence-electron chi connectivity index (χ3n) is 2.91. The summed E-state index contributed by atoms with van der Waals surface area (Å²) in [5.41, 5.74) is 0.911. The monoisotopic (exact) mass is 264 g/mol. The van der Waals surface area contributed by atoms with Gasteiger partial charge in [0, 0.05) is 5.92 Å². The maximum absolute atomic E-state index is 12.0. The topological polar surface area (TPSA) is 52.6 Å². The molecule has 1 rings (SSSR count). The van der Waals surface area contributed by atoms with Crippen molar-refractivity contribution in [2.45, 2.75) is 26.7 Å². The molecule has 0 N–H and O–H groups in total. The van der Waals surface area contributed by atoms with Gasteiger partial charge in [0.1, 0.15) is 0 Å². The molecule has 19 heavy (non-hydrogen) atoms. The Balaban J connectivity index is 2.95. The van der Waals surface area contributed by atoms with Crippen LogP contribution >= 0.6 is 0 Å². The highest BCUT2D eigenvalue weighted by Gasteiger charge is 2.35. The fourth-order valence-electron chi connectivity index (χ4n) is 1.92. The van der Waals surface area contributed by atoms with Crippen molar-refractivity contribution in [3.8, 4) is 0 Å². The lowest BCUT2D eigenvalue weighted by atomic mass is 9.87. The normalized spacial score (nSPS) is 12.0. The van der Waals surface area contributed by atoms with Crippen LogP contribution in [0.1, 0.15) is 32.3 Å². The van der Waals surface area contributed by atoms with Crippen molar-refractivity contribution in [1.82, 2.24) is 0 Å². The number of esters is 2. The number of carbonyl (C=O) groups is 2. The molecule has 0 aromatic heterocycles. The van der Waals surface area contributed by atoms with Crippen LogP contribution < -0.4 is 0 Å². The van der Waals surface area contributed by atoms with E-state index in [1.807, 2.05) is 37.3 Å². The highest BCUT2D eigenvalue weighted by atomic mass is 16.6. The van der Waals surface area contributed by atoms with Crippen LogP contribution in [-0.2, 0) is 19.1 Å². The molecule has 0 fully saturated rings. The Bertz CT molecular complexity index is 395. The molecule has 0 radical (unpaired) electrons. The molecule has 104 valence electrons. The molecule has 0 aliphatic rings. The lowest BCUT2D eigenvalue weighted by Gasteiger charge is -2.21. The maximum Gasteiger partial charge on any atom is 0.320 e. The number of rotatable bonds is 6. The lowest BCUT2D eigenvalue weighted by Crippen LogP contribution is -2.32. The van der Waals surface area contributed by atoms with Crippen molar-refractivity contribution < 1.29 is 19.1 Å². The highest BCUT2D eigenvalue weighted by molar-refractivity contribution is 5.96. The van der Waals surface area contributed by atoms with Crippen LogP contribution in [0.25, 0.3) is 0 Å². The van der Waals surface area contributed by atoms with E-state index in [2.05, 4.69) is 0 Å². The predicted octanol–water partition coefficient (Wildman–Crippen LogP) is 2.53. The summed E-state index contributed by atoms with van der Waals surface area (Å²) in [4.78, 5) is 23.9. The van der Waals surface area contributed by atoms with Gasteiger partial charge in [0.2, 0.25) is 0 Å². The summed E-state index contributed by atoms with van der Waals surface area (Å²) in [6.07, 6.45) is 0. The number of benzene rings is 1. The molecule has 0 saturated carbocycles. The molecule has 0 aliphatic carbocycles. The molecular formula is C15H20O4. The van der Waals surface area contributed by atoms with Gasteiger partial charge in [0.15, 0.2) is 5.92 Å². The zero-order valence-corrected chi connectivity index (χ0v) is 11.6. The molecule has 0 bridgehead atoms. The van der Waals surface area contributed by atoms with Crippen LogP contribution in [0.5, 0.6) is 0 Å². The Hall–Kier alpha value is -1.84. The van der Waals surface area contributed by atoms with Crippen LogP contribution in [0.2, 0.25) is 0 Å². The van der Waals surface area contributed by atoms with E-state index < -0.39 is 17.9 Å². The van der Waals surface area contributed by atoms with Crippen LogP contribution in [-0.4, -0.2) is 25.2 Å². The Morgan fingerprint density at radius 1 is 1.00 bits per heavy atom. The predicted molar refractivity (Wildman–Crippen MR) is 71.6 cm³/mol. The Morgan fingerprint density at radius 3 is 1.89 bits per heavy atom. The number of ether oxygens (including phenoxy) is 2. The fraction of sp³-hybridized carbons (Fsp3) is 0.467. The largest absolute Gasteiger partial charge is 0.465 e. The first kappa shape index (κ1) is 15.2. The lowest BCUT2D eigenvalue weighted by molar-refractivity contribution is -0.162. The van der Waals surface area contributed by atoms with Gasteiger partial charge in [-0.1, -0.05) is 37.3 Å². The van der Waals surface area contributed by atoms with Gasteiger partial charge in [-0.25, -0.2) is 0 Å². The average Bonchev–Trinajstić information content (AvgIpc) is 2.40. The van der Waals surface area contributed by atoms with Crippen LogP contribution in [0, 0.1) is 5.92 Å². The molecule has 1 aromatic rings. The zero-order chi connectivity index (χ0) is 14.3. The van der Waals surface area contributed by atoms with Crippen molar-refractivity contribution in [2.24, 2.45) is 5.92 Å². The standard InChI is InChI=1S/C15H20O4/c1-4-18-14(16)13(15(17)19-5-2)11(3)12-9-7-6-8-10-12/h6-11,13H,4-5H2,1-3H3/t11-/m1/s1. The van der Waals surface area contributed by atoms with Crippen LogP contribution in [0.15, 0.2) is 30.3 Å². The second kappa shape index (κ2) is 7.56. The molecule has 0 spiro atoms. The molecule has 0 saturated heterocycles. The zero-order valence-electron chi connectivity index (χ0n) is 11.6. The molecule has 0 heterocycles. The van der Waals surface area contributed by atoms with E-state index >= 15 is 0 Å². The third-order valence-corrected chi connectivity index (χ3v) is 2.91. The number of hydrogen-bond donors (Lipinski definition) is 0. The van der Waals surface area contributed by atoms with Gasteiger partial charge in [-0.05, 0) is 19.4 Å². The SMILES string of the molecule is CCOC(=O)C(C(=O)OCC)[C@H](C)c1ccccc1. The molecule has 0 amide bonds. The van der Waals surface area contributed by atoms with E-state index in [1.54, 1.807) is 13.8 Å². The molecule has 1 aromatic carbocycles. The summed E-state index contributed by atoms with van der Waals surface area (Å²) < 4.78 is 9.95. The first-order chi connectivity index (χ1) is 9.11. The van der Waals surface area contributed by atoms with Gasteiger partial charge in [0.05, 0.1) is 13.2 Å². The van der Waals surface area contributed by atoms with E-state index in [0.29, 0.717) is 0 Å². The van der Waals surface area contributed by atoms with E-state index in [1.165, 1.54) is 0 Å². The summed E-state index contributed by atoms with van der Waals surface area (Å²) in [7, 11) is 0. The Kier molecular flexibility index (Phi) is 6.06. The molecule has 0 aliphatic heterocycles. The van der Waals surface area contributed by atoms with Gasteiger partial charge >= 0.3 is 11.9 Å². The van der Waals surface area contributed by atoms with E-state index in [9.17, 15) is 9.59 Å². The Labute approximate surface area is 113 Å². The van der Waals surface area contributed by atoms with E-state index in [-0.39, 0.29) is 19.1 Å². The maximum atomic E-state index is 12.0. The second-order valence-corrected chi connectivity index (χ2v) is 4.18. The minimum absolute atomic E-state index is 0.246. The average molecular weight is 264 g/mol. The molecule has 4 heteroatoms. The van der Waals surface area contributed by atoms with Gasteiger partial charge < -0.3 is 9.47 Å². The summed E-state index contributed by atoms with van der Waals surface area (Å²) in [6, 6.07) is 9.41. The minimum atomic E-state index is -0.915. The van der Waals surface area contributed by atoms with Crippen molar-refractivity contribution in [2.75, 3.05) is 13.2 Å². The highest BCUT2D eigenvalue weighted by Crippen LogP contribution is 2.26. The third kappa shape index (κ3) is 4.09. The van der Waals surface area contributed by atoms with Crippen molar-refractivity contribution >= 4 is 11.9 Å². The van der Waals surface area contributed by atoms with E-state index in [0.717, 1.165) is 5.56 Å².